The van der Waals surface area contributed by atoms with Gasteiger partial charge in [0.15, 0.2) is 11.6 Å². The van der Waals surface area contributed by atoms with E-state index in [4.69, 9.17) is 9.31 Å². The number of sulfone groups is 2. The predicted octanol–water partition coefficient (Wildman–Crippen LogP) is 27.5. The smallest absolute Gasteiger partial charge is 0.399 e. The number of para-hydroxylation sites is 6. The van der Waals surface area contributed by atoms with Crippen LogP contribution in [0.25, 0.3) is 105 Å². The van der Waals surface area contributed by atoms with Crippen LogP contribution < -0.4 is 5.46 Å². The Kier molecular flexibility index (Phi) is 25.2. The normalized spacial score (nSPS) is 15.1. The van der Waals surface area contributed by atoms with E-state index in [0.29, 0.717) is 8.95 Å². The minimum absolute atomic E-state index is 0. The Bertz CT molecular complexity index is 6380. The second kappa shape index (κ2) is 34.3. The number of hydrogen-bond acceptors (Lipinski definition) is 8. The van der Waals surface area contributed by atoms with Crippen LogP contribution in [0.5, 0.6) is 0 Å². The molecule has 1 fully saturated rings. The van der Waals surface area contributed by atoms with E-state index in [1.54, 1.807) is 60.7 Å². The Labute approximate surface area is 709 Å². The molecule has 578 valence electrons. The lowest BCUT2D eigenvalue weighted by Gasteiger charge is -2.32. The zero-order valence-electron chi connectivity index (χ0n) is 61.7. The summed E-state index contributed by atoms with van der Waals surface area (Å²) in [5.41, 5.74) is 14.3. The molecule has 0 radical (unpaired) electrons. The average molecular weight is 1900 g/mol. The van der Waals surface area contributed by atoms with Crippen molar-refractivity contribution in [3.63, 3.8) is 0 Å². The Hall–Kier alpha value is -5.40. The molecule has 3 aliphatic rings. The molecule has 16 aromatic rings. The van der Waals surface area contributed by atoms with E-state index >= 15 is 0 Å². The second-order valence-corrected chi connectivity index (χ2v) is 79.0. The van der Waals surface area contributed by atoms with Gasteiger partial charge in [0.25, 0.3) is 0 Å². The van der Waals surface area contributed by atoms with Crippen LogP contribution >= 0.6 is 129 Å². The Balaban J connectivity index is 0.000000143. The molecule has 0 aliphatic carbocycles. The topological polar surface area (TPSA) is 136 Å². The van der Waals surface area contributed by atoms with Gasteiger partial charge in [0.05, 0.1) is 63.9 Å². The Morgan fingerprint density at radius 3 is 0.913 bits per heavy atom. The molecule has 115 heavy (non-hydrogen) atoms. The monoisotopic (exact) mass is 1900 g/mol. The number of rotatable bonds is 10. The van der Waals surface area contributed by atoms with E-state index < -0.39 is 19.7 Å². The first-order valence-corrected chi connectivity index (χ1v) is 61.3. The van der Waals surface area contributed by atoms with Crippen molar-refractivity contribution in [1.29, 1.82) is 0 Å². The molecule has 0 bridgehead atoms. The minimum atomic E-state index is -3.95. The van der Waals surface area contributed by atoms with Gasteiger partial charge >= 0.3 is 7.12 Å². The molecule has 3 aliphatic heterocycles. The Morgan fingerprint density at radius 1 is 0.330 bits per heavy atom. The van der Waals surface area contributed by atoms with Gasteiger partial charge in [-0.15, -0.1) is 62.5 Å². The molecule has 0 spiro atoms. The minimum Gasteiger partial charge on any atom is -0.399 e. The van der Waals surface area contributed by atoms with Gasteiger partial charge in [-0.3, -0.25) is 9.59 Å². The SMILES string of the molecule is C.CC1(C)OB(c2cccc(-n3c4ccccc4c4ccccc43)c2)OC1(C)C.O=C1c2cc(-c3cccc(-n4c5ccccc5c5ccccc54)c3)ccc2S(=O)(=O)c2ccc(-c3cccc(-n4c5ccccc5c5ccccc54)c3)cc21.O=C1c2cc(Br)ccc2S(=O)(=O)c2ccc(Br)cc21.PP(P)P(P)P(P(P)P)P(P)P. The van der Waals surface area contributed by atoms with Crippen molar-refractivity contribution >= 4 is 239 Å². The molecule has 13 aromatic carbocycles. The highest BCUT2D eigenvalue weighted by Gasteiger charge is 2.52. The number of ketones is 2. The number of halogens is 2. The number of carbonyl (C=O) groups is 2. The molecule has 1 saturated heterocycles. The van der Waals surface area contributed by atoms with Gasteiger partial charge in [-0.1, -0.05) is 197 Å². The van der Waals surface area contributed by atoms with E-state index in [-0.39, 0.29) is 114 Å². The molecule has 8 atom stereocenters. The quantitative estimate of drug-likeness (QED) is 0.0975. The van der Waals surface area contributed by atoms with E-state index in [9.17, 15) is 26.4 Å². The lowest BCUT2D eigenvalue weighted by atomic mass is 9.79. The molecule has 6 heterocycles. The van der Waals surface area contributed by atoms with Crippen LogP contribution in [0.3, 0.4) is 0 Å². The highest BCUT2D eigenvalue weighted by molar-refractivity contribution is 9.22. The zero-order valence-corrected chi connectivity index (χ0v) is 79.1. The van der Waals surface area contributed by atoms with E-state index in [1.165, 1.54) is 55.5 Å². The molecular formula is C87H78BBr2N3O8P12S2. The summed E-state index contributed by atoms with van der Waals surface area (Å²) in [6.45, 7) is 9.05. The van der Waals surface area contributed by atoms with Gasteiger partial charge in [-0.05, 0) is 224 Å². The highest BCUT2D eigenvalue weighted by atomic mass is 79.9. The average Bonchev–Trinajstić information content (AvgIpc) is 1.72. The fraction of sp³-hybridized carbons (Fsp3) is 0.0805. The molecule has 0 N–H and O–H groups in total. The van der Waals surface area contributed by atoms with E-state index in [2.05, 4.69) is 306 Å². The number of benzene rings is 13. The third kappa shape index (κ3) is 16.0. The van der Waals surface area contributed by atoms with Crippen molar-refractivity contribution in [3.8, 4) is 39.3 Å². The second-order valence-electron chi connectivity index (χ2n) is 28.5. The van der Waals surface area contributed by atoms with Gasteiger partial charge in [0.1, 0.15) is 0 Å². The van der Waals surface area contributed by atoms with Crippen LogP contribution in [0.15, 0.2) is 320 Å². The highest BCUT2D eigenvalue weighted by Crippen LogP contribution is 3.16. The maximum Gasteiger partial charge on any atom is 0.494 e. The first-order chi connectivity index (χ1) is 54.6. The van der Waals surface area contributed by atoms with Crippen molar-refractivity contribution in [1.82, 2.24) is 13.7 Å². The van der Waals surface area contributed by atoms with Gasteiger partial charge in [0, 0.05) is 80.6 Å². The molecule has 8 unspecified atom stereocenters. The number of nitrogens with zero attached hydrogens (tertiary/aromatic N) is 3. The summed E-state index contributed by atoms with van der Waals surface area (Å²) in [5, 5.41) is 7.21. The Morgan fingerprint density at radius 2 is 0.609 bits per heavy atom. The van der Waals surface area contributed by atoms with Crippen molar-refractivity contribution in [2.75, 3.05) is 0 Å². The molecule has 0 amide bonds. The molecule has 11 nitrogen and oxygen atoms in total. The first kappa shape index (κ1) is 84.6. The predicted molar refractivity (Wildman–Crippen MR) is 524 cm³/mol. The number of hydrogen-bond donors (Lipinski definition) is 0. The van der Waals surface area contributed by atoms with E-state index in [0.717, 1.165) is 66.8 Å². The summed E-state index contributed by atoms with van der Waals surface area (Å²) in [4.78, 5) is 27.0. The summed E-state index contributed by atoms with van der Waals surface area (Å²) in [6.07, 6.45) is 0. The standard InChI is InChI=1S/C49H30N2O3S.C24H24BNO2.C13H6Br2O3S.CH4.H14P12/c52-49-41-29-33(31-11-9-13-35(27-31)50-43-19-5-1-15-37(43)38-16-2-6-20-44(38)50)23-25-47(41)55(53,54)48-26-24-34(30-42(48)49)32-12-10-14-36(28-32)51-45-21-7-3-17-39(45)40-18-4-8-22-46(40)51;1-23(2)24(3,4)28-25(27-23)17-10-9-11-18(16-17)26-21-14-7-5-12-19(21)20-13-6-8-15-22(20)26;14-7-1-3-11-9(5-7)13(16)10-6-8(15)2-4-12(10)19(11,17)18;;1-8(2)11(7)12(9(3)4)10(5)6/h1-30H;5-16H,1-4H3;1-6H;1H4;1-7H2. The fourth-order valence-corrected chi connectivity index (χ4v) is 121. The van der Waals surface area contributed by atoms with Crippen LogP contribution in [0.4, 0.5) is 0 Å². The van der Waals surface area contributed by atoms with Crippen LogP contribution in [-0.2, 0) is 29.0 Å². The van der Waals surface area contributed by atoms with Crippen LogP contribution in [0, 0.1) is 0 Å². The lowest BCUT2D eigenvalue weighted by Crippen LogP contribution is -2.41. The zero-order chi connectivity index (χ0) is 80.0. The van der Waals surface area contributed by atoms with Crippen molar-refractivity contribution in [3.05, 3.63) is 322 Å². The summed E-state index contributed by atoms with van der Waals surface area (Å²) in [6, 6.07) is 94.8. The van der Waals surface area contributed by atoms with Crippen LogP contribution in [-0.4, -0.2) is 60.4 Å². The third-order valence-electron chi connectivity index (χ3n) is 21.1. The number of fused-ring (bicyclic) bond motifs is 13. The summed E-state index contributed by atoms with van der Waals surface area (Å²) >= 11 is 6.51. The van der Waals surface area contributed by atoms with Gasteiger partial charge in [0.2, 0.25) is 19.7 Å². The van der Waals surface area contributed by atoms with Crippen molar-refractivity contribution in [2.24, 2.45) is 0 Å². The summed E-state index contributed by atoms with van der Waals surface area (Å²) < 4.78 is 73.8. The van der Waals surface area contributed by atoms with Gasteiger partial charge in [-0.25, -0.2) is 16.8 Å². The number of carbonyl (C=O) groups excluding carboxylic acids is 2. The maximum absolute atomic E-state index is 14.4. The summed E-state index contributed by atoms with van der Waals surface area (Å²) in [7, 11) is 13.1. The van der Waals surface area contributed by atoms with Gasteiger partial charge < -0.3 is 23.0 Å². The van der Waals surface area contributed by atoms with Crippen molar-refractivity contribution < 1.29 is 35.7 Å². The molecular weight excluding hydrogens is 1820 g/mol. The van der Waals surface area contributed by atoms with E-state index in [1.807, 2.05) is 48.5 Å². The molecule has 19 rings (SSSR count). The summed E-state index contributed by atoms with van der Waals surface area (Å²) in [5.74, 6) is -0.581. The lowest BCUT2D eigenvalue weighted by molar-refractivity contribution is 0.00578. The maximum atomic E-state index is 14.4. The van der Waals surface area contributed by atoms with Crippen molar-refractivity contribution in [2.45, 2.75) is 65.9 Å². The van der Waals surface area contributed by atoms with Crippen LogP contribution in [0.2, 0.25) is 0 Å². The number of aromatic nitrogens is 3. The first-order valence-electron chi connectivity index (χ1n) is 35.9. The molecule has 0 saturated carbocycles. The molecule has 28 heteroatoms. The molecule has 3 aromatic heterocycles. The van der Waals surface area contributed by atoms with Crippen LogP contribution in [0.1, 0.15) is 67.0 Å². The third-order valence-corrected chi connectivity index (χ3v) is 92.4. The van der Waals surface area contributed by atoms with Gasteiger partial charge in [-0.2, -0.15) is 0 Å². The fourth-order valence-electron chi connectivity index (χ4n) is 15.1. The largest absolute Gasteiger partial charge is 0.494 e.